The molecule has 3 nitrogen and oxygen atoms in total. The van der Waals surface area contributed by atoms with Crippen LogP contribution in [-0.2, 0) is 0 Å². The summed E-state index contributed by atoms with van der Waals surface area (Å²) in [5.74, 6) is 0. The Kier molecular flexibility index (Phi) is 4.12. The predicted octanol–water partition coefficient (Wildman–Crippen LogP) is 2.57. The molecule has 0 saturated carbocycles. The van der Waals surface area contributed by atoms with Gasteiger partial charge in [0.05, 0.1) is 0 Å². The summed E-state index contributed by atoms with van der Waals surface area (Å²) < 4.78 is 0. The zero-order valence-corrected chi connectivity index (χ0v) is 9.44. The molecule has 16 heavy (non-hydrogen) atoms. The van der Waals surface area contributed by atoms with E-state index in [4.69, 9.17) is 10.5 Å². The van der Waals surface area contributed by atoms with Gasteiger partial charge in [0.2, 0.25) is 0 Å². The smallest absolute Gasteiger partial charge is 0.130 e. The molecule has 0 saturated heterocycles. The minimum atomic E-state index is 0.122. The third kappa shape index (κ3) is 2.87. The Bertz CT molecular complexity index is 441. The van der Waals surface area contributed by atoms with Gasteiger partial charge in [-0.2, -0.15) is 10.5 Å². The van der Waals surface area contributed by atoms with E-state index in [0.29, 0.717) is 0 Å². The van der Waals surface area contributed by atoms with Crippen LogP contribution < -0.4 is 4.90 Å². The Hall–Kier alpha value is -2.26. The van der Waals surface area contributed by atoms with Crippen LogP contribution in [0.3, 0.4) is 0 Å². The maximum absolute atomic E-state index is 8.62. The Morgan fingerprint density at radius 3 is 2.25 bits per heavy atom. The second-order valence-electron chi connectivity index (χ2n) is 3.39. The fourth-order valence-electron chi connectivity index (χ4n) is 1.26. The quantitative estimate of drug-likeness (QED) is 0.722. The predicted molar refractivity (Wildman–Crippen MR) is 64.6 cm³/mol. The van der Waals surface area contributed by atoms with Crippen molar-refractivity contribution in [3.05, 3.63) is 35.4 Å². The SMILES string of the molecule is CCN(C)c1ccc(C=C(C#N)C#N)cc1. The highest BCUT2D eigenvalue weighted by Crippen LogP contribution is 2.15. The van der Waals surface area contributed by atoms with Gasteiger partial charge in [-0.3, -0.25) is 0 Å². The Morgan fingerprint density at radius 1 is 1.25 bits per heavy atom. The molecule has 0 bridgehead atoms. The summed E-state index contributed by atoms with van der Waals surface area (Å²) in [7, 11) is 2.01. The van der Waals surface area contributed by atoms with Gasteiger partial charge in [-0.05, 0) is 30.7 Å². The summed E-state index contributed by atoms with van der Waals surface area (Å²) in [6.07, 6.45) is 1.58. The van der Waals surface area contributed by atoms with Crippen LogP contribution in [0.4, 0.5) is 5.69 Å². The second kappa shape index (κ2) is 5.58. The molecule has 0 N–H and O–H groups in total. The molecular formula is C13H13N3. The van der Waals surface area contributed by atoms with E-state index in [0.717, 1.165) is 17.8 Å². The number of benzene rings is 1. The maximum atomic E-state index is 8.62. The molecule has 0 aromatic heterocycles. The molecule has 0 fully saturated rings. The molecule has 0 radical (unpaired) electrons. The molecular weight excluding hydrogens is 198 g/mol. The van der Waals surface area contributed by atoms with Crippen molar-refractivity contribution in [1.82, 2.24) is 0 Å². The van der Waals surface area contributed by atoms with Crippen molar-refractivity contribution in [2.24, 2.45) is 0 Å². The van der Waals surface area contributed by atoms with Crippen molar-refractivity contribution in [2.45, 2.75) is 6.92 Å². The van der Waals surface area contributed by atoms with Crippen LogP contribution in [0.1, 0.15) is 12.5 Å². The van der Waals surface area contributed by atoms with E-state index in [-0.39, 0.29) is 5.57 Å². The number of hydrogen-bond acceptors (Lipinski definition) is 3. The van der Waals surface area contributed by atoms with Gasteiger partial charge < -0.3 is 4.90 Å². The minimum absolute atomic E-state index is 0.122. The lowest BCUT2D eigenvalue weighted by atomic mass is 10.1. The Morgan fingerprint density at radius 2 is 1.81 bits per heavy atom. The molecule has 1 rings (SSSR count). The molecule has 1 aromatic carbocycles. The third-order valence-corrected chi connectivity index (χ3v) is 2.36. The third-order valence-electron chi connectivity index (χ3n) is 2.36. The van der Waals surface area contributed by atoms with Crippen molar-refractivity contribution in [3.63, 3.8) is 0 Å². The molecule has 0 unspecified atom stereocenters. The summed E-state index contributed by atoms with van der Waals surface area (Å²) in [5, 5.41) is 17.2. The first-order valence-electron chi connectivity index (χ1n) is 5.04. The van der Waals surface area contributed by atoms with Crippen molar-refractivity contribution < 1.29 is 0 Å². The van der Waals surface area contributed by atoms with E-state index in [1.54, 1.807) is 6.08 Å². The highest BCUT2D eigenvalue weighted by molar-refractivity contribution is 5.63. The average molecular weight is 211 g/mol. The summed E-state index contributed by atoms with van der Waals surface area (Å²) in [6, 6.07) is 11.4. The van der Waals surface area contributed by atoms with E-state index in [1.807, 2.05) is 43.5 Å². The van der Waals surface area contributed by atoms with Crippen LogP contribution >= 0.6 is 0 Å². The van der Waals surface area contributed by atoms with Gasteiger partial charge in [0.1, 0.15) is 17.7 Å². The zero-order valence-electron chi connectivity index (χ0n) is 9.44. The van der Waals surface area contributed by atoms with E-state index >= 15 is 0 Å². The lowest BCUT2D eigenvalue weighted by Crippen LogP contribution is -2.15. The van der Waals surface area contributed by atoms with Crippen molar-refractivity contribution in [3.8, 4) is 12.1 Å². The lowest BCUT2D eigenvalue weighted by molar-refractivity contribution is 0.968. The highest BCUT2D eigenvalue weighted by atomic mass is 15.1. The Labute approximate surface area is 95.8 Å². The molecule has 1 aromatic rings. The number of nitrogens with zero attached hydrogens (tertiary/aromatic N) is 3. The Balaban J connectivity index is 2.93. The standard InChI is InChI=1S/C13H13N3/c1-3-16(2)13-6-4-11(5-7-13)8-12(9-14)10-15/h4-8H,3H2,1-2H3. The van der Waals surface area contributed by atoms with Crippen LogP contribution in [0.5, 0.6) is 0 Å². The van der Waals surface area contributed by atoms with Gasteiger partial charge in [0.15, 0.2) is 0 Å². The summed E-state index contributed by atoms with van der Waals surface area (Å²) in [6.45, 7) is 3.02. The fourth-order valence-corrected chi connectivity index (χ4v) is 1.26. The molecule has 80 valence electrons. The molecule has 0 heterocycles. The number of nitriles is 2. The van der Waals surface area contributed by atoms with Gasteiger partial charge >= 0.3 is 0 Å². The fraction of sp³-hybridized carbons (Fsp3) is 0.231. The number of anilines is 1. The van der Waals surface area contributed by atoms with Crippen LogP contribution in [0, 0.1) is 22.7 Å². The number of allylic oxidation sites excluding steroid dienone is 1. The second-order valence-corrected chi connectivity index (χ2v) is 3.39. The topological polar surface area (TPSA) is 50.8 Å². The lowest BCUT2D eigenvalue weighted by Gasteiger charge is -2.16. The minimum Gasteiger partial charge on any atom is -0.375 e. The largest absolute Gasteiger partial charge is 0.375 e. The first kappa shape index (κ1) is 11.8. The van der Waals surface area contributed by atoms with E-state index in [9.17, 15) is 0 Å². The first-order valence-corrected chi connectivity index (χ1v) is 5.04. The van der Waals surface area contributed by atoms with Crippen molar-refractivity contribution >= 4 is 11.8 Å². The highest BCUT2D eigenvalue weighted by Gasteiger charge is 1.98. The number of rotatable bonds is 3. The molecule has 0 atom stereocenters. The van der Waals surface area contributed by atoms with Gasteiger partial charge in [-0.1, -0.05) is 12.1 Å². The van der Waals surface area contributed by atoms with Crippen LogP contribution in [0.15, 0.2) is 29.8 Å². The molecule has 0 aliphatic heterocycles. The molecule has 0 aliphatic carbocycles. The molecule has 0 amide bonds. The van der Waals surface area contributed by atoms with Gasteiger partial charge in [-0.15, -0.1) is 0 Å². The average Bonchev–Trinajstić information content (AvgIpc) is 2.35. The van der Waals surface area contributed by atoms with Crippen LogP contribution in [-0.4, -0.2) is 13.6 Å². The van der Waals surface area contributed by atoms with Crippen molar-refractivity contribution in [1.29, 1.82) is 10.5 Å². The van der Waals surface area contributed by atoms with Crippen LogP contribution in [0.2, 0.25) is 0 Å². The zero-order chi connectivity index (χ0) is 12.0. The monoisotopic (exact) mass is 211 g/mol. The number of hydrogen-bond donors (Lipinski definition) is 0. The van der Waals surface area contributed by atoms with Crippen molar-refractivity contribution in [2.75, 3.05) is 18.5 Å². The molecule has 0 aliphatic rings. The molecule has 3 heteroatoms. The molecule has 0 spiro atoms. The summed E-state index contributed by atoms with van der Waals surface area (Å²) >= 11 is 0. The summed E-state index contributed by atoms with van der Waals surface area (Å²) in [5.41, 5.74) is 2.11. The van der Waals surface area contributed by atoms with E-state index < -0.39 is 0 Å². The summed E-state index contributed by atoms with van der Waals surface area (Å²) in [4.78, 5) is 2.11. The van der Waals surface area contributed by atoms with Gasteiger partial charge in [0, 0.05) is 19.3 Å². The normalized spacial score (nSPS) is 8.75. The van der Waals surface area contributed by atoms with Gasteiger partial charge in [-0.25, -0.2) is 0 Å². The van der Waals surface area contributed by atoms with E-state index in [2.05, 4.69) is 11.8 Å². The van der Waals surface area contributed by atoms with E-state index in [1.165, 1.54) is 0 Å². The van der Waals surface area contributed by atoms with Crippen LogP contribution in [0.25, 0.3) is 6.08 Å². The van der Waals surface area contributed by atoms with Gasteiger partial charge in [0.25, 0.3) is 0 Å². The maximum Gasteiger partial charge on any atom is 0.130 e. The first-order chi connectivity index (χ1) is 7.71.